The number of halogens is 1. The molecule has 1 aromatic rings. The van der Waals surface area contributed by atoms with Crippen LogP contribution in [0, 0.1) is 0 Å². The third kappa shape index (κ3) is 2.76. The van der Waals surface area contributed by atoms with Crippen molar-refractivity contribution in [1.29, 1.82) is 0 Å². The molecule has 2 rings (SSSR count). The van der Waals surface area contributed by atoms with Crippen molar-refractivity contribution in [2.24, 2.45) is 0 Å². The lowest BCUT2D eigenvalue weighted by Gasteiger charge is -2.31. The lowest BCUT2D eigenvalue weighted by molar-refractivity contribution is 0.0362. The monoisotopic (exact) mass is 268 g/mol. The molecule has 0 radical (unpaired) electrons. The minimum atomic E-state index is -0.0243. The molecule has 0 unspecified atom stereocenters. The highest BCUT2D eigenvalue weighted by molar-refractivity contribution is 6.33. The molecule has 1 fully saturated rings. The van der Waals surface area contributed by atoms with E-state index in [1.807, 2.05) is 7.05 Å². The number of amides is 1. The average molecular weight is 269 g/mol. The van der Waals surface area contributed by atoms with E-state index in [1.54, 1.807) is 23.1 Å². The second-order valence-corrected chi connectivity index (χ2v) is 4.90. The number of nitrogens with two attached hydrogens (primary N) is 1. The first kappa shape index (κ1) is 13.2. The number of nitrogens with zero attached hydrogens (tertiary/aromatic N) is 1. The molecule has 1 amide bonds. The largest absolute Gasteiger partial charge is 0.398 e. The summed E-state index contributed by atoms with van der Waals surface area (Å²) >= 11 is 5.93. The number of rotatable bonds is 2. The standard InChI is InChI=1S/C13H17ClN2O2/c1-16(10-4-6-18-7-5-10)13(17)9-2-3-12(15)11(14)8-9/h2-3,8,10H,4-7,15H2,1H3. The van der Waals surface area contributed by atoms with Crippen LogP contribution >= 0.6 is 11.6 Å². The quantitative estimate of drug-likeness (QED) is 0.837. The van der Waals surface area contributed by atoms with Gasteiger partial charge in [0.2, 0.25) is 0 Å². The molecule has 1 heterocycles. The smallest absolute Gasteiger partial charge is 0.253 e. The lowest BCUT2D eigenvalue weighted by atomic mass is 10.1. The minimum absolute atomic E-state index is 0.0243. The first-order valence-corrected chi connectivity index (χ1v) is 6.37. The molecule has 1 saturated heterocycles. The van der Waals surface area contributed by atoms with E-state index in [4.69, 9.17) is 22.1 Å². The molecule has 1 aliphatic heterocycles. The molecule has 5 heteroatoms. The molecule has 18 heavy (non-hydrogen) atoms. The van der Waals surface area contributed by atoms with E-state index >= 15 is 0 Å². The molecule has 1 aliphatic rings. The second-order valence-electron chi connectivity index (χ2n) is 4.50. The summed E-state index contributed by atoms with van der Waals surface area (Å²) in [5.74, 6) is -0.0243. The molecule has 0 aromatic heterocycles. The van der Waals surface area contributed by atoms with Gasteiger partial charge in [-0.05, 0) is 31.0 Å². The lowest BCUT2D eigenvalue weighted by Crippen LogP contribution is -2.40. The van der Waals surface area contributed by atoms with Crippen molar-refractivity contribution in [2.45, 2.75) is 18.9 Å². The fourth-order valence-electron chi connectivity index (χ4n) is 2.10. The Balaban J connectivity index is 2.11. The van der Waals surface area contributed by atoms with Gasteiger partial charge in [0.05, 0.1) is 10.7 Å². The minimum Gasteiger partial charge on any atom is -0.398 e. The van der Waals surface area contributed by atoms with E-state index in [-0.39, 0.29) is 11.9 Å². The van der Waals surface area contributed by atoms with Crippen molar-refractivity contribution in [2.75, 3.05) is 26.0 Å². The predicted octanol–water partition coefficient (Wildman–Crippen LogP) is 2.17. The zero-order chi connectivity index (χ0) is 13.1. The summed E-state index contributed by atoms with van der Waals surface area (Å²) in [6, 6.07) is 5.23. The Bertz CT molecular complexity index is 445. The molecule has 0 saturated carbocycles. The van der Waals surface area contributed by atoms with Crippen molar-refractivity contribution in [3.63, 3.8) is 0 Å². The molecule has 0 bridgehead atoms. The van der Waals surface area contributed by atoms with Crippen LogP contribution < -0.4 is 5.73 Å². The summed E-state index contributed by atoms with van der Waals surface area (Å²) in [6.45, 7) is 1.43. The Morgan fingerprint density at radius 2 is 2.11 bits per heavy atom. The van der Waals surface area contributed by atoms with E-state index < -0.39 is 0 Å². The summed E-state index contributed by atoms with van der Waals surface area (Å²) in [5, 5.41) is 0.418. The van der Waals surface area contributed by atoms with Gasteiger partial charge in [-0.2, -0.15) is 0 Å². The van der Waals surface area contributed by atoms with Gasteiger partial charge < -0.3 is 15.4 Å². The normalized spacial score (nSPS) is 16.6. The van der Waals surface area contributed by atoms with E-state index in [0.29, 0.717) is 29.5 Å². The Kier molecular flexibility index (Phi) is 4.09. The van der Waals surface area contributed by atoms with Crippen LogP contribution in [-0.2, 0) is 4.74 Å². The van der Waals surface area contributed by atoms with E-state index in [1.165, 1.54) is 0 Å². The van der Waals surface area contributed by atoms with Gasteiger partial charge in [0, 0.05) is 31.9 Å². The Labute approximate surface area is 112 Å². The van der Waals surface area contributed by atoms with Gasteiger partial charge in [-0.3, -0.25) is 4.79 Å². The number of benzene rings is 1. The van der Waals surface area contributed by atoms with Crippen LogP contribution in [0.5, 0.6) is 0 Å². The van der Waals surface area contributed by atoms with Gasteiger partial charge >= 0.3 is 0 Å². The van der Waals surface area contributed by atoms with Gasteiger partial charge in [0.25, 0.3) is 5.91 Å². The average Bonchev–Trinajstić information content (AvgIpc) is 2.41. The number of ether oxygens (including phenoxy) is 1. The van der Waals surface area contributed by atoms with Gasteiger partial charge in [-0.25, -0.2) is 0 Å². The number of hydrogen-bond acceptors (Lipinski definition) is 3. The second kappa shape index (κ2) is 5.59. The Hall–Kier alpha value is -1.26. The first-order valence-electron chi connectivity index (χ1n) is 5.99. The number of nitrogen functional groups attached to an aromatic ring is 1. The molecule has 2 N–H and O–H groups in total. The van der Waals surface area contributed by atoms with Crippen LogP contribution in [-0.4, -0.2) is 37.1 Å². The summed E-state index contributed by atoms with van der Waals surface area (Å²) in [7, 11) is 1.82. The Morgan fingerprint density at radius 3 is 2.72 bits per heavy atom. The molecule has 1 aromatic carbocycles. The zero-order valence-corrected chi connectivity index (χ0v) is 11.1. The Morgan fingerprint density at radius 1 is 1.44 bits per heavy atom. The van der Waals surface area contributed by atoms with E-state index in [2.05, 4.69) is 0 Å². The number of carbonyl (C=O) groups is 1. The molecular formula is C13H17ClN2O2. The summed E-state index contributed by atoms with van der Waals surface area (Å²) < 4.78 is 5.29. The molecule has 4 nitrogen and oxygen atoms in total. The van der Waals surface area contributed by atoms with Gasteiger partial charge in [-0.15, -0.1) is 0 Å². The first-order chi connectivity index (χ1) is 8.59. The maximum absolute atomic E-state index is 12.3. The van der Waals surface area contributed by atoms with Crippen LogP contribution in [0.2, 0.25) is 5.02 Å². The molecule has 0 atom stereocenters. The zero-order valence-electron chi connectivity index (χ0n) is 10.4. The van der Waals surface area contributed by atoms with Gasteiger partial charge in [-0.1, -0.05) is 11.6 Å². The fraction of sp³-hybridized carbons (Fsp3) is 0.462. The molecule has 0 aliphatic carbocycles. The highest BCUT2D eigenvalue weighted by Crippen LogP contribution is 2.22. The van der Waals surface area contributed by atoms with Crippen LogP contribution in [0.1, 0.15) is 23.2 Å². The van der Waals surface area contributed by atoms with Gasteiger partial charge in [0.1, 0.15) is 0 Å². The van der Waals surface area contributed by atoms with Gasteiger partial charge in [0.15, 0.2) is 0 Å². The van der Waals surface area contributed by atoms with E-state index in [9.17, 15) is 4.79 Å². The summed E-state index contributed by atoms with van der Waals surface area (Å²) in [5.41, 5.74) is 6.69. The van der Waals surface area contributed by atoms with Crippen molar-refractivity contribution in [3.8, 4) is 0 Å². The van der Waals surface area contributed by atoms with Crippen molar-refractivity contribution < 1.29 is 9.53 Å². The highest BCUT2D eigenvalue weighted by Gasteiger charge is 2.23. The third-order valence-corrected chi connectivity index (χ3v) is 3.63. The number of anilines is 1. The maximum Gasteiger partial charge on any atom is 0.253 e. The molecule has 0 spiro atoms. The predicted molar refractivity (Wildman–Crippen MR) is 71.8 cm³/mol. The van der Waals surface area contributed by atoms with Crippen LogP contribution in [0.25, 0.3) is 0 Å². The van der Waals surface area contributed by atoms with Crippen molar-refractivity contribution in [3.05, 3.63) is 28.8 Å². The fourth-order valence-corrected chi connectivity index (χ4v) is 2.28. The highest BCUT2D eigenvalue weighted by atomic mass is 35.5. The van der Waals surface area contributed by atoms with E-state index in [0.717, 1.165) is 12.8 Å². The SMILES string of the molecule is CN(C(=O)c1ccc(N)c(Cl)c1)C1CCOCC1. The summed E-state index contributed by atoms with van der Waals surface area (Å²) in [4.78, 5) is 14.1. The molecule has 98 valence electrons. The third-order valence-electron chi connectivity index (χ3n) is 3.31. The topological polar surface area (TPSA) is 55.6 Å². The van der Waals surface area contributed by atoms with Crippen molar-refractivity contribution in [1.82, 2.24) is 4.90 Å². The van der Waals surface area contributed by atoms with Crippen molar-refractivity contribution >= 4 is 23.2 Å². The molecular weight excluding hydrogens is 252 g/mol. The number of carbonyl (C=O) groups excluding carboxylic acids is 1. The van der Waals surface area contributed by atoms with Crippen LogP contribution in [0.4, 0.5) is 5.69 Å². The van der Waals surface area contributed by atoms with Crippen LogP contribution in [0.3, 0.4) is 0 Å². The summed E-state index contributed by atoms with van der Waals surface area (Å²) in [6.07, 6.45) is 1.76. The maximum atomic E-state index is 12.3. The number of hydrogen-bond donors (Lipinski definition) is 1. The van der Waals surface area contributed by atoms with Crippen LogP contribution in [0.15, 0.2) is 18.2 Å².